The van der Waals surface area contributed by atoms with Gasteiger partial charge in [0.05, 0.1) is 5.71 Å². The Morgan fingerprint density at radius 3 is 2.67 bits per heavy atom. The average molecular weight is 368 g/mol. The number of fused-ring (bicyclic) bond motifs is 2. The number of likely N-dealkylation sites (N-methyl/N-ethyl adjacent to an activating group) is 2. The van der Waals surface area contributed by atoms with E-state index in [-0.39, 0.29) is 11.9 Å². The maximum atomic E-state index is 12.7. The van der Waals surface area contributed by atoms with E-state index in [1.165, 1.54) is 11.9 Å². The first-order chi connectivity index (χ1) is 13.0. The lowest BCUT2D eigenvalue weighted by Crippen LogP contribution is -2.62. The number of anilines is 1. The zero-order valence-electron chi connectivity index (χ0n) is 15.6. The molecule has 3 amide bonds. The average Bonchev–Trinajstić information content (AvgIpc) is 3.05. The molecule has 140 valence electrons. The van der Waals surface area contributed by atoms with Crippen LogP contribution in [0.1, 0.15) is 6.92 Å². The van der Waals surface area contributed by atoms with Crippen LogP contribution in [0.15, 0.2) is 40.4 Å². The lowest BCUT2D eigenvalue weighted by atomic mass is 10.1. The van der Waals surface area contributed by atoms with Gasteiger partial charge in [0.1, 0.15) is 13.1 Å². The van der Waals surface area contributed by atoms with Gasteiger partial charge in [-0.15, -0.1) is 10.1 Å². The zero-order chi connectivity index (χ0) is 19.1. The molecule has 9 heteroatoms. The number of carbonyl (C=O) groups excluding carboxylic acids is 2. The van der Waals surface area contributed by atoms with Crippen molar-refractivity contribution in [2.24, 2.45) is 10.1 Å². The number of nitrogens with one attached hydrogen (secondary N) is 1. The third-order valence-electron chi connectivity index (χ3n) is 4.86. The smallest absolute Gasteiger partial charge is 0.382 e. The Morgan fingerprint density at radius 1 is 1.19 bits per heavy atom. The van der Waals surface area contributed by atoms with E-state index in [0.29, 0.717) is 31.4 Å². The summed E-state index contributed by atoms with van der Waals surface area (Å²) >= 11 is 0. The van der Waals surface area contributed by atoms with Crippen LogP contribution >= 0.6 is 0 Å². The summed E-state index contributed by atoms with van der Waals surface area (Å²) in [5, 5.41) is 9.75. The monoisotopic (exact) mass is 368 g/mol. The van der Waals surface area contributed by atoms with Gasteiger partial charge in [0.15, 0.2) is 0 Å². The van der Waals surface area contributed by atoms with Crippen molar-refractivity contribution in [1.82, 2.24) is 14.8 Å². The highest BCUT2D eigenvalue weighted by molar-refractivity contribution is 6.23. The summed E-state index contributed by atoms with van der Waals surface area (Å²) in [6.45, 7) is 3.69. The molecule has 3 aliphatic heterocycles. The van der Waals surface area contributed by atoms with E-state index < -0.39 is 6.04 Å². The lowest BCUT2D eigenvalue weighted by molar-refractivity contribution is -0.527. The Balaban J connectivity index is 1.56. The molecule has 1 saturated heterocycles. The van der Waals surface area contributed by atoms with Gasteiger partial charge in [0.25, 0.3) is 5.91 Å². The van der Waals surface area contributed by atoms with E-state index in [2.05, 4.69) is 15.4 Å². The molecule has 0 aromatic heterocycles. The number of benzene rings is 1. The largest absolute Gasteiger partial charge is 0.416 e. The number of urea groups is 1. The topological polar surface area (TPSA) is 83.6 Å². The molecule has 1 aromatic rings. The molecule has 0 saturated carbocycles. The molecule has 0 bridgehead atoms. The maximum absolute atomic E-state index is 12.7. The maximum Gasteiger partial charge on any atom is 0.416 e. The summed E-state index contributed by atoms with van der Waals surface area (Å²) in [4.78, 5) is 32.1. The van der Waals surface area contributed by atoms with Crippen molar-refractivity contribution < 1.29 is 14.2 Å². The number of nitrogens with zero attached hydrogens (tertiary/aromatic N) is 6. The molecule has 27 heavy (non-hydrogen) atoms. The Labute approximate surface area is 157 Å². The number of hydrazone groups is 1. The highest BCUT2D eigenvalue weighted by Crippen LogP contribution is 2.22. The molecule has 4 rings (SSSR count). The summed E-state index contributed by atoms with van der Waals surface area (Å²) in [7, 11) is 3.15. The molecule has 0 aliphatic carbocycles. The highest BCUT2D eigenvalue weighted by Gasteiger charge is 2.53. The lowest BCUT2D eigenvalue weighted by Gasteiger charge is -2.32. The van der Waals surface area contributed by atoms with Crippen LogP contribution in [-0.2, 0) is 4.79 Å². The van der Waals surface area contributed by atoms with Crippen molar-refractivity contribution in [2.75, 3.05) is 39.0 Å². The van der Waals surface area contributed by atoms with Gasteiger partial charge in [-0.05, 0) is 19.1 Å². The second-order valence-corrected chi connectivity index (χ2v) is 6.79. The normalized spacial score (nSPS) is 21.9. The van der Waals surface area contributed by atoms with Gasteiger partial charge in [-0.1, -0.05) is 23.2 Å². The number of amides is 3. The quantitative estimate of drug-likeness (QED) is 0.783. The molecule has 1 fully saturated rings. The van der Waals surface area contributed by atoms with Gasteiger partial charge >= 0.3 is 12.0 Å². The van der Waals surface area contributed by atoms with E-state index in [1.54, 1.807) is 12.1 Å². The van der Waals surface area contributed by atoms with Crippen LogP contribution < -0.4 is 5.32 Å². The number of aliphatic imine (C=N–C) groups is 1. The van der Waals surface area contributed by atoms with Crippen LogP contribution in [0.25, 0.3) is 0 Å². The van der Waals surface area contributed by atoms with E-state index in [4.69, 9.17) is 0 Å². The summed E-state index contributed by atoms with van der Waals surface area (Å²) in [5.41, 5.74) is 1.93. The summed E-state index contributed by atoms with van der Waals surface area (Å²) in [6.07, 6.45) is 0. The predicted molar refractivity (Wildman–Crippen MR) is 102 cm³/mol. The summed E-state index contributed by atoms with van der Waals surface area (Å²) in [6, 6.07) is 8.98. The molecule has 1 N–H and O–H groups in total. The molecule has 3 aliphatic rings. The molecular formula is C18H22N7O2+. The Morgan fingerprint density at radius 2 is 1.93 bits per heavy atom. The minimum atomic E-state index is -0.581. The number of carbonyl (C=O) groups is 2. The molecule has 9 nitrogen and oxygen atoms in total. The van der Waals surface area contributed by atoms with Crippen molar-refractivity contribution >= 4 is 35.1 Å². The van der Waals surface area contributed by atoms with E-state index in [9.17, 15) is 9.59 Å². The fourth-order valence-corrected chi connectivity index (χ4v) is 3.49. The highest BCUT2D eigenvalue weighted by atomic mass is 16.2. The van der Waals surface area contributed by atoms with Crippen molar-refractivity contribution in [3.05, 3.63) is 30.3 Å². The van der Waals surface area contributed by atoms with Crippen molar-refractivity contribution in [1.29, 1.82) is 0 Å². The van der Waals surface area contributed by atoms with Gasteiger partial charge in [0, 0.05) is 26.3 Å². The third kappa shape index (κ3) is 2.84. The first-order valence-electron chi connectivity index (χ1n) is 8.85. The van der Waals surface area contributed by atoms with Gasteiger partial charge in [-0.2, -0.15) is 0 Å². The minimum absolute atomic E-state index is 0.260. The number of rotatable bonds is 4. The number of para-hydroxylation sites is 1. The van der Waals surface area contributed by atoms with Crippen LogP contribution in [0, 0.1) is 0 Å². The number of guanidine groups is 1. The van der Waals surface area contributed by atoms with Crippen molar-refractivity contribution in [3.8, 4) is 0 Å². The third-order valence-corrected chi connectivity index (χ3v) is 4.86. The Hall–Kier alpha value is -3.23. The number of imide groups is 1. The molecule has 1 unspecified atom stereocenters. The molecular weight excluding hydrogens is 346 g/mol. The first kappa shape index (κ1) is 17.2. The van der Waals surface area contributed by atoms with Crippen molar-refractivity contribution in [2.45, 2.75) is 13.0 Å². The predicted octanol–water partition coefficient (Wildman–Crippen LogP) is 0.463. The SMILES string of the molecule is CC1=NN(CCNc2ccccc2)C2=[N+](C1)C1C(=O)N(C)C(=O)N(C)C1=N2. The second kappa shape index (κ2) is 6.49. The molecule has 1 aromatic carbocycles. The van der Waals surface area contributed by atoms with Crippen LogP contribution in [0.5, 0.6) is 0 Å². The van der Waals surface area contributed by atoms with Crippen LogP contribution in [0.2, 0.25) is 0 Å². The minimum Gasteiger partial charge on any atom is -0.382 e. The van der Waals surface area contributed by atoms with E-state index in [0.717, 1.165) is 16.3 Å². The summed E-state index contributed by atoms with van der Waals surface area (Å²) in [5.74, 6) is 0.812. The number of hydrogen-bond acceptors (Lipinski definition) is 6. The van der Waals surface area contributed by atoms with Crippen LogP contribution in [0.3, 0.4) is 0 Å². The number of hydrogen-bond donors (Lipinski definition) is 1. The second-order valence-electron chi connectivity index (χ2n) is 6.79. The number of amidine groups is 1. The summed E-state index contributed by atoms with van der Waals surface area (Å²) < 4.78 is 1.92. The van der Waals surface area contributed by atoms with E-state index >= 15 is 0 Å². The molecule has 3 heterocycles. The van der Waals surface area contributed by atoms with Gasteiger partial charge in [0.2, 0.25) is 11.9 Å². The van der Waals surface area contributed by atoms with E-state index in [1.807, 2.05) is 41.8 Å². The van der Waals surface area contributed by atoms with Gasteiger partial charge < -0.3 is 5.32 Å². The molecule has 0 spiro atoms. The van der Waals surface area contributed by atoms with Gasteiger partial charge in [-0.3, -0.25) is 14.6 Å². The Bertz CT molecular complexity index is 890. The molecule has 0 radical (unpaired) electrons. The van der Waals surface area contributed by atoms with Gasteiger partial charge in [-0.25, -0.2) is 9.37 Å². The zero-order valence-corrected chi connectivity index (χ0v) is 15.6. The fraction of sp³-hybridized carbons (Fsp3) is 0.389. The van der Waals surface area contributed by atoms with Crippen molar-refractivity contribution in [3.63, 3.8) is 0 Å². The van der Waals surface area contributed by atoms with Crippen LogP contribution in [0.4, 0.5) is 10.5 Å². The first-order valence-corrected chi connectivity index (χ1v) is 8.85. The standard InChI is InChI=1S/C18H22N7O2/c1-12-11-24-14-15(22(2)18(27)23(3)16(14)26)20-17(24)25(21-12)10-9-19-13-7-5-4-6-8-13/h4-8,14,19H,9-11H2,1-3H3/q+1. The van der Waals surface area contributed by atoms with Crippen LogP contribution in [-0.4, -0.2) is 88.6 Å². The fourth-order valence-electron chi connectivity index (χ4n) is 3.49. The molecule has 1 atom stereocenters. The Kier molecular flexibility index (Phi) is 4.14.